The van der Waals surface area contributed by atoms with Crippen LogP contribution in [0, 0.1) is 10.8 Å². The van der Waals surface area contributed by atoms with Crippen molar-refractivity contribution in [2.24, 2.45) is 5.41 Å². The summed E-state index contributed by atoms with van der Waals surface area (Å²) in [5.74, 6) is 4.17. The second kappa shape index (κ2) is 24.7. The quantitative estimate of drug-likeness (QED) is 0.0187. The number of imidazole rings is 1. The SMILES string of the molecule is CCCCc1nc2c(N)nc3ccccc3c2n1CCCCNC(=O)CCCCCNC(=O)CCSSCCCC(=N)NCCCCC1NC2(C)/C3=C/C=C\C=C/C=C(C=C3)/C2(C)C1=O. The normalized spacial score (nSPS) is 22.6. The van der Waals surface area contributed by atoms with Gasteiger partial charge in [-0.1, -0.05) is 108 Å². The molecular formula is C51H71N9O3S2. The molecule has 2 aromatic heterocycles. The van der Waals surface area contributed by atoms with Crippen LogP contribution in [0.3, 0.4) is 0 Å². The van der Waals surface area contributed by atoms with Gasteiger partial charge in [-0.25, -0.2) is 9.97 Å². The van der Waals surface area contributed by atoms with Crippen LogP contribution in [0.5, 0.6) is 0 Å². The largest absolute Gasteiger partial charge is 0.382 e. The molecule has 3 atom stereocenters. The van der Waals surface area contributed by atoms with Gasteiger partial charge in [-0.05, 0) is 88.8 Å². The van der Waals surface area contributed by atoms with Crippen LogP contribution in [0.25, 0.3) is 21.9 Å². The zero-order valence-electron chi connectivity index (χ0n) is 38.8. The van der Waals surface area contributed by atoms with Crippen LogP contribution in [-0.2, 0) is 27.3 Å². The predicted octanol–water partition coefficient (Wildman–Crippen LogP) is 9.23. The van der Waals surface area contributed by atoms with Crippen LogP contribution in [0.2, 0.25) is 0 Å². The Kier molecular flexibility index (Phi) is 18.9. The molecule has 0 radical (unpaired) electrons. The van der Waals surface area contributed by atoms with E-state index in [9.17, 15) is 14.4 Å². The van der Waals surface area contributed by atoms with E-state index in [1.54, 1.807) is 21.6 Å². The smallest absolute Gasteiger partial charge is 0.220 e. The third-order valence-corrected chi connectivity index (χ3v) is 15.6. The maximum Gasteiger partial charge on any atom is 0.220 e. The number of hydrogen-bond donors (Lipinski definition) is 6. The Morgan fingerprint density at radius 1 is 0.800 bits per heavy atom. The molecule has 14 heteroatoms. The molecule has 0 spiro atoms. The zero-order valence-corrected chi connectivity index (χ0v) is 40.4. The highest BCUT2D eigenvalue weighted by Crippen LogP contribution is 2.53. The van der Waals surface area contributed by atoms with Gasteiger partial charge >= 0.3 is 0 Å². The number of nitrogens with zero attached hydrogens (tertiary/aromatic N) is 3. The van der Waals surface area contributed by atoms with Crippen molar-refractivity contribution < 1.29 is 14.4 Å². The average Bonchev–Trinajstić information content (AvgIpc) is 3.77. The van der Waals surface area contributed by atoms with Crippen LogP contribution in [0.15, 0.2) is 84.0 Å². The number of fused-ring (bicyclic) bond motifs is 3. The van der Waals surface area contributed by atoms with Crippen molar-refractivity contribution in [1.29, 1.82) is 5.41 Å². The van der Waals surface area contributed by atoms with Gasteiger partial charge in [-0.15, -0.1) is 0 Å². The minimum atomic E-state index is -0.617. The first-order valence-electron chi connectivity index (χ1n) is 24.0. The number of aromatic nitrogens is 3. The highest BCUT2D eigenvalue weighted by Gasteiger charge is 2.61. The van der Waals surface area contributed by atoms with Gasteiger partial charge in [0.05, 0.1) is 33.9 Å². The van der Waals surface area contributed by atoms with Crippen LogP contribution < -0.4 is 27.0 Å². The van der Waals surface area contributed by atoms with Crippen LogP contribution >= 0.6 is 21.6 Å². The number of Topliss-reactive ketones (excluding diaryl/α,β-unsaturated/α-hetero) is 1. The standard InChI is InChI=1S/C51H71N9O3S2/c1-4-5-26-43-58-46-47(39-22-12-13-23-40(39)57-49(46)53)60(43)34-18-17-33-55-44(61)27-11-8-15-32-56-45(62)30-36-65-64-35-19-25-42(52)54-31-16-14-24-41-48(63)50(2)37-20-9-6-7-10-21-38(29-28-37)51(50,3)59-41/h6-7,9-10,12-13,20-23,28-29,41,59H,4-5,8,11,14-19,24-27,30-36H2,1-3H3,(H2,52,54)(H2,53,57)(H,55,61)(H,56,62)/b7-6?,9-6-,10-7-,20-9?,21-10?,37-20+,38-21+. The maximum absolute atomic E-state index is 13.9. The van der Waals surface area contributed by atoms with Gasteiger partial charge in [-0.3, -0.25) is 25.1 Å². The first-order chi connectivity index (χ1) is 31.6. The van der Waals surface area contributed by atoms with Gasteiger partial charge in [-0.2, -0.15) is 0 Å². The molecule has 3 heterocycles. The number of nitrogen functional groups attached to an aromatic ring is 1. The number of amidine groups is 1. The molecule has 3 aromatic rings. The first kappa shape index (κ1) is 49.8. The molecule has 65 heavy (non-hydrogen) atoms. The number of ketones is 1. The lowest BCUT2D eigenvalue weighted by Crippen LogP contribution is -2.53. The van der Waals surface area contributed by atoms with E-state index in [2.05, 4.69) is 82.0 Å². The Morgan fingerprint density at radius 3 is 2.29 bits per heavy atom. The zero-order chi connectivity index (χ0) is 46.1. The van der Waals surface area contributed by atoms with Crippen molar-refractivity contribution in [3.05, 3.63) is 89.8 Å². The van der Waals surface area contributed by atoms with E-state index in [0.29, 0.717) is 44.0 Å². The molecule has 6 rings (SSSR count). The Morgan fingerprint density at radius 2 is 1.49 bits per heavy atom. The van der Waals surface area contributed by atoms with Crippen molar-refractivity contribution >= 4 is 72.8 Å². The number of hydrogen-bond acceptors (Lipinski definition) is 10. The molecule has 1 aliphatic heterocycles. The number of aryl methyl sites for hydroxylation is 2. The number of carbonyl (C=O) groups excluding carboxylic acids is 3. The summed E-state index contributed by atoms with van der Waals surface area (Å²) in [6, 6.07) is 7.89. The topological polar surface area (TPSA) is 180 Å². The molecule has 3 aliphatic rings. The fraction of sp³-hybridized carbons (Fsp3) is 0.529. The van der Waals surface area contributed by atoms with E-state index in [-0.39, 0.29) is 23.6 Å². The van der Waals surface area contributed by atoms with E-state index in [1.807, 2.05) is 42.5 Å². The van der Waals surface area contributed by atoms with Crippen LogP contribution in [0.1, 0.15) is 116 Å². The minimum absolute atomic E-state index is 0.0663. The highest BCUT2D eigenvalue weighted by molar-refractivity contribution is 8.76. The number of benzene rings is 1. The van der Waals surface area contributed by atoms with Gasteiger partial charge in [0.2, 0.25) is 11.8 Å². The van der Waals surface area contributed by atoms with Crippen molar-refractivity contribution in [3.8, 4) is 0 Å². The number of carbonyl (C=O) groups is 3. The fourth-order valence-electron chi connectivity index (χ4n) is 9.21. The van der Waals surface area contributed by atoms with Crippen molar-refractivity contribution in [2.45, 2.75) is 135 Å². The molecule has 1 saturated heterocycles. The van der Waals surface area contributed by atoms with E-state index >= 15 is 0 Å². The number of rotatable bonds is 27. The van der Waals surface area contributed by atoms with Crippen molar-refractivity contribution in [3.63, 3.8) is 0 Å². The molecule has 1 fully saturated rings. The molecule has 12 nitrogen and oxygen atoms in total. The summed E-state index contributed by atoms with van der Waals surface area (Å²) in [5.41, 5.74) is 10.2. The maximum atomic E-state index is 13.9. The van der Waals surface area contributed by atoms with Gasteiger partial charge in [0.25, 0.3) is 0 Å². The summed E-state index contributed by atoms with van der Waals surface area (Å²) in [7, 11) is 3.46. The number of para-hydroxylation sites is 1. The highest BCUT2D eigenvalue weighted by atomic mass is 33.1. The monoisotopic (exact) mass is 922 g/mol. The summed E-state index contributed by atoms with van der Waals surface area (Å²) in [6.07, 6.45) is 29.1. The van der Waals surface area contributed by atoms with E-state index in [0.717, 1.165) is 141 Å². The number of nitrogens with two attached hydrogens (primary N) is 1. The van der Waals surface area contributed by atoms with Gasteiger partial charge in [0.15, 0.2) is 11.6 Å². The van der Waals surface area contributed by atoms with Crippen molar-refractivity contribution in [2.75, 3.05) is 36.9 Å². The predicted molar refractivity (Wildman–Crippen MR) is 272 cm³/mol. The Bertz CT molecular complexity index is 2300. The third kappa shape index (κ3) is 12.8. The molecule has 7 N–H and O–H groups in total. The number of allylic oxidation sites excluding steroid dienone is 7. The Hall–Kier alpha value is -4.66. The van der Waals surface area contributed by atoms with Gasteiger partial charge in [0, 0.05) is 68.8 Å². The number of nitrogens with one attached hydrogen (secondary N) is 5. The summed E-state index contributed by atoms with van der Waals surface area (Å²) in [4.78, 5) is 48.2. The molecule has 2 amide bonds. The van der Waals surface area contributed by atoms with E-state index in [4.69, 9.17) is 16.1 Å². The van der Waals surface area contributed by atoms with Gasteiger partial charge < -0.3 is 26.3 Å². The summed E-state index contributed by atoms with van der Waals surface area (Å²) >= 11 is 0. The average molecular weight is 922 g/mol. The second-order valence-corrected chi connectivity index (χ2v) is 20.5. The lowest BCUT2D eigenvalue weighted by Gasteiger charge is -2.44. The Labute approximate surface area is 394 Å². The molecule has 350 valence electrons. The molecule has 2 bridgehead atoms. The lowest BCUT2D eigenvalue weighted by molar-refractivity contribution is -0.125. The number of pyridine rings is 1. The van der Waals surface area contributed by atoms with Crippen LogP contribution in [0.4, 0.5) is 5.82 Å². The summed E-state index contributed by atoms with van der Waals surface area (Å²) in [5, 5.41) is 22.5. The fourth-order valence-corrected chi connectivity index (χ4v) is 11.3. The molecule has 1 aromatic carbocycles. The summed E-state index contributed by atoms with van der Waals surface area (Å²) < 4.78 is 2.31. The van der Waals surface area contributed by atoms with Crippen molar-refractivity contribution in [1.82, 2.24) is 35.8 Å². The van der Waals surface area contributed by atoms with Gasteiger partial charge in [0.1, 0.15) is 11.3 Å². The minimum Gasteiger partial charge on any atom is -0.382 e. The first-order valence-corrected chi connectivity index (χ1v) is 26.4. The molecule has 0 saturated carbocycles. The number of amides is 2. The molecular weight excluding hydrogens is 851 g/mol. The van der Waals surface area contributed by atoms with Crippen LogP contribution in [-0.4, -0.2) is 80.7 Å². The lowest BCUT2D eigenvalue weighted by atomic mass is 9.60. The number of unbranched alkanes of at least 4 members (excludes halogenated alkanes) is 5. The van der Waals surface area contributed by atoms with E-state index in [1.165, 1.54) is 0 Å². The Balaban J connectivity index is 0.733. The molecule has 2 aliphatic carbocycles. The number of anilines is 1. The molecule has 3 unspecified atom stereocenters. The summed E-state index contributed by atoms with van der Waals surface area (Å²) in [6.45, 7) is 9.26. The third-order valence-electron chi connectivity index (χ3n) is 13.1. The van der Waals surface area contributed by atoms with E-state index < -0.39 is 11.0 Å². The second-order valence-electron chi connectivity index (χ2n) is 17.8.